The Labute approximate surface area is 143 Å². The molecule has 2 bridgehead atoms. The minimum Gasteiger partial charge on any atom is -0.114 e. The van der Waals surface area contributed by atoms with Gasteiger partial charge in [0.05, 0.1) is 25.5 Å². The van der Waals surface area contributed by atoms with Gasteiger partial charge >= 0.3 is 0 Å². The molecule has 2 rings (SSSR count). The molecule has 0 nitrogen and oxygen atoms in total. The molecule has 0 saturated heterocycles. The lowest BCUT2D eigenvalue weighted by Gasteiger charge is -2.46. The molecule has 3 atom stereocenters. The van der Waals surface area contributed by atoms with Gasteiger partial charge in [-0.15, -0.1) is 34.8 Å². The highest BCUT2D eigenvalue weighted by Gasteiger charge is 2.77. The van der Waals surface area contributed by atoms with Crippen LogP contribution in [0.15, 0.2) is 20.1 Å². The Morgan fingerprint density at radius 1 is 0.765 bits per heavy atom. The van der Waals surface area contributed by atoms with E-state index in [0.29, 0.717) is 0 Å². The Bertz CT molecular complexity index is 458. The third-order valence-electron chi connectivity index (χ3n) is 2.79. The van der Waals surface area contributed by atoms with Gasteiger partial charge in [-0.05, 0) is 0 Å². The van der Waals surface area contributed by atoms with E-state index in [0.717, 1.165) is 0 Å². The first-order chi connectivity index (χ1) is 7.54. The van der Waals surface area contributed by atoms with E-state index in [2.05, 4.69) is 0 Å². The first kappa shape index (κ1) is 15.5. The molecule has 0 aromatic carbocycles. The van der Waals surface area contributed by atoms with Gasteiger partial charge in [-0.2, -0.15) is 0 Å². The van der Waals surface area contributed by atoms with E-state index in [1.807, 2.05) is 0 Å². The largest absolute Gasteiger partial charge is 0.173 e. The topological polar surface area (TPSA) is 0 Å². The first-order valence-electron chi connectivity index (χ1n) is 4.06. The Morgan fingerprint density at radius 3 is 1.71 bits per heavy atom. The molecule has 0 aliphatic heterocycles. The van der Waals surface area contributed by atoms with Crippen LogP contribution in [0.5, 0.6) is 0 Å². The minimum absolute atomic E-state index is 0.0176. The van der Waals surface area contributed by atoms with E-state index in [1.54, 1.807) is 0 Å². The van der Waals surface area contributed by atoms with E-state index >= 15 is 0 Å². The highest BCUT2D eigenvalue weighted by Crippen LogP contribution is 2.72. The average Bonchev–Trinajstić information content (AvgIpc) is 2.36. The van der Waals surface area contributed by atoms with E-state index in [9.17, 15) is 0 Å². The van der Waals surface area contributed by atoms with Crippen LogP contribution in [-0.4, -0.2) is 19.5 Å². The number of hydrogen-bond donors (Lipinski definition) is 0. The van der Waals surface area contributed by atoms with E-state index in [-0.39, 0.29) is 20.1 Å². The Balaban J connectivity index is 2.89. The standard InChI is InChI=1S/C8HCl9/c9-1-2(10)6(14)4(12)5(13)7(15,3(1)11)8(6,16)17/h2H. The van der Waals surface area contributed by atoms with Crippen LogP contribution < -0.4 is 0 Å². The number of allylic oxidation sites excluding steroid dienone is 4. The van der Waals surface area contributed by atoms with Crippen LogP contribution >= 0.6 is 104 Å². The van der Waals surface area contributed by atoms with Crippen LogP contribution in [0.2, 0.25) is 0 Å². The second-order valence-corrected chi connectivity index (χ2v) is 8.07. The lowest BCUT2D eigenvalue weighted by molar-refractivity contribution is 0.558. The fourth-order valence-electron chi connectivity index (χ4n) is 1.79. The summed E-state index contributed by atoms with van der Waals surface area (Å²) in [5.74, 6) is 0. The van der Waals surface area contributed by atoms with Crippen molar-refractivity contribution in [1.29, 1.82) is 0 Å². The van der Waals surface area contributed by atoms with Crippen LogP contribution in [-0.2, 0) is 0 Å². The summed E-state index contributed by atoms with van der Waals surface area (Å²) in [5, 5.41) is -1.24. The zero-order valence-electron chi connectivity index (χ0n) is 7.48. The van der Waals surface area contributed by atoms with Crippen molar-refractivity contribution in [3.8, 4) is 0 Å². The number of hydrogen-bond acceptors (Lipinski definition) is 0. The maximum absolute atomic E-state index is 6.31. The van der Waals surface area contributed by atoms with Crippen molar-refractivity contribution in [2.45, 2.75) is 19.5 Å². The second-order valence-electron chi connectivity index (χ2n) is 3.60. The van der Waals surface area contributed by atoms with Crippen LogP contribution in [0.3, 0.4) is 0 Å². The number of alkyl halides is 5. The fraction of sp³-hybridized carbons (Fsp3) is 0.500. The van der Waals surface area contributed by atoms with Gasteiger partial charge in [-0.1, -0.05) is 69.6 Å². The molecule has 0 N–H and O–H groups in total. The maximum atomic E-state index is 6.31. The van der Waals surface area contributed by atoms with Gasteiger partial charge in [-0.3, -0.25) is 0 Å². The molecule has 0 amide bonds. The van der Waals surface area contributed by atoms with Crippen LogP contribution in [0.25, 0.3) is 0 Å². The fourth-order valence-corrected chi connectivity index (χ4v) is 5.89. The molecule has 0 spiro atoms. The van der Waals surface area contributed by atoms with Gasteiger partial charge in [0.2, 0.25) is 0 Å². The quantitative estimate of drug-likeness (QED) is 0.417. The van der Waals surface area contributed by atoms with Gasteiger partial charge in [0.25, 0.3) is 0 Å². The zero-order chi connectivity index (χ0) is 13.4. The SMILES string of the molecule is ClC1=C(Cl)C2(Cl)C(Cl)=C(Cl)C(Cl)(C1Cl)C2(Cl)Cl. The van der Waals surface area contributed by atoms with Crippen LogP contribution in [0, 0.1) is 0 Å². The normalized spacial score (nSPS) is 44.6. The lowest BCUT2D eigenvalue weighted by atomic mass is 9.90. The zero-order valence-corrected chi connectivity index (χ0v) is 14.3. The van der Waals surface area contributed by atoms with Crippen LogP contribution in [0.4, 0.5) is 0 Å². The van der Waals surface area contributed by atoms with Crippen molar-refractivity contribution in [3.05, 3.63) is 20.1 Å². The molecule has 0 aromatic rings. The number of fused-ring (bicyclic) bond motifs is 2. The van der Waals surface area contributed by atoms with Crippen molar-refractivity contribution in [2.75, 3.05) is 0 Å². The van der Waals surface area contributed by atoms with Crippen molar-refractivity contribution in [3.63, 3.8) is 0 Å². The molecule has 96 valence electrons. The third-order valence-corrected chi connectivity index (χ3v) is 8.80. The third kappa shape index (κ3) is 1.49. The summed E-state index contributed by atoms with van der Waals surface area (Å²) >= 11 is 55.1. The number of rotatable bonds is 0. The molecular weight excluding hydrogens is 415 g/mol. The van der Waals surface area contributed by atoms with Gasteiger partial charge in [0, 0.05) is 0 Å². The molecule has 0 aromatic heterocycles. The molecule has 0 fully saturated rings. The molecule has 0 heterocycles. The predicted octanol–water partition coefficient (Wildman–Crippen LogP) is 6.13. The molecule has 17 heavy (non-hydrogen) atoms. The Morgan fingerprint density at radius 2 is 1.24 bits per heavy atom. The van der Waals surface area contributed by atoms with Crippen LogP contribution in [0.1, 0.15) is 0 Å². The van der Waals surface area contributed by atoms with Gasteiger partial charge in [-0.25, -0.2) is 0 Å². The lowest BCUT2D eigenvalue weighted by Crippen LogP contribution is -2.58. The van der Waals surface area contributed by atoms with Crippen molar-refractivity contribution < 1.29 is 0 Å². The van der Waals surface area contributed by atoms with E-state index in [4.69, 9.17) is 104 Å². The minimum atomic E-state index is -1.82. The Hall–Kier alpha value is 2.09. The summed E-state index contributed by atoms with van der Waals surface area (Å²) in [6.45, 7) is 0. The average molecular weight is 416 g/mol. The van der Waals surface area contributed by atoms with Gasteiger partial charge in [0.15, 0.2) is 9.21 Å². The monoisotopic (exact) mass is 412 g/mol. The number of halogens is 9. The van der Waals surface area contributed by atoms with E-state index < -0.39 is 19.5 Å². The van der Waals surface area contributed by atoms with Crippen molar-refractivity contribution >= 4 is 104 Å². The molecule has 9 heteroatoms. The molecule has 2 aliphatic rings. The second kappa shape index (κ2) is 4.29. The highest BCUT2D eigenvalue weighted by molar-refractivity contribution is 6.69. The molecular formula is C8HCl9. The van der Waals surface area contributed by atoms with Gasteiger partial charge in [0.1, 0.15) is 4.87 Å². The molecule has 2 aliphatic carbocycles. The summed E-state index contributed by atoms with van der Waals surface area (Å²) in [6.07, 6.45) is 0. The first-order valence-corrected chi connectivity index (χ1v) is 7.52. The Kier molecular flexibility index (Phi) is 3.91. The van der Waals surface area contributed by atoms with Crippen molar-refractivity contribution in [1.82, 2.24) is 0 Å². The maximum Gasteiger partial charge on any atom is 0.173 e. The summed E-state index contributed by atoms with van der Waals surface area (Å²) in [5.41, 5.74) is 0. The summed E-state index contributed by atoms with van der Waals surface area (Å²) in [6, 6.07) is 0. The molecule has 3 unspecified atom stereocenters. The van der Waals surface area contributed by atoms with E-state index in [1.165, 1.54) is 0 Å². The predicted molar refractivity (Wildman–Crippen MR) is 78.7 cm³/mol. The molecule has 0 saturated carbocycles. The summed E-state index contributed by atoms with van der Waals surface area (Å²) in [4.78, 5) is -3.33. The van der Waals surface area contributed by atoms with Gasteiger partial charge < -0.3 is 0 Å². The molecule has 0 radical (unpaired) electrons. The smallest absolute Gasteiger partial charge is 0.114 e. The highest BCUT2D eigenvalue weighted by atomic mass is 35.5. The summed E-state index contributed by atoms with van der Waals surface area (Å²) < 4.78 is -1.82. The van der Waals surface area contributed by atoms with Crippen molar-refractivity contribution in [2.24, 2.45) is 0 Å². The summed E-state index contributed by atoms with van der Waals surface area (Å²) in [7, 11) is 0.